The number of nitrogens with zero attached hydrogens (tertiary/aromatic N) is 4. The summed E-state index contributed by atoms with van der Waals surface area (Å²) in [4.78, 5) is 15.4. The quantitative estimate of drug-likeness (QED) is 0.462. The van der Waals surface area contributed by atoms with Gasteiger partial charge in [0.05, 0.1) is 29.4 Å². The summed E-state index contributed by atoms with van der Waals surface area (Å²) < 4.78 is 33.0. The molecule has 2 aliphatic heterocycles. The Morgan fingerprint density at radius 2 is 1.97 bits per heavy atom. The van der Waals surface area contributed by atoms with Crippen LogP contribution >= 0.6 is 0 Å². The molecule has 1 aromatic carbocycles. The topological polar surface area (TPSA) is 157 Å². The fourth-order valence-corrected chi connectivity index (χ4v) is 5.72. The van der Waals surface area contributed by atoms with Crippen LogP contribution in [0.5, 0.6) is 0 Å². The highest BCUT2D eigenvalue weighted by atomic mass is 32.2. The van der Waals surface area contributed by atoms with Gasteiger partial charge in [0, 0.05) is 38.4 Å². The first-order chi connectivity index (χ1) is 16.4. The molecule has 2 aromatic rings. The molecule has 4 rings (SSSR count). The molecule has 11 nitrogen and oxygen atoms in total. The number of H-pyrrole nitrogens is 1. The van der Waals surface area contributed by atoms with Crippen molar-refractivity contribution in [1.29, 1.82) is 5.26 Å². The molecule has 12 heteroatoms. The van der Waals surface area contributed by atoms with Crippen molar-refractivity contribution in [2.75, 3.05) is 56.6 Å². The molecule has 1 amide bonds. The molecule has 2 fully saturated rings. The zero-order valence-electron chi connectivity index (χ0n) is 18.9. The summed E-state index contributed by atoms with van der Waals surface area (Å²) >= 11 is 0. The van der Waals surface area contributed by atoms with Gasteiger partial charge in [-0.15, -0.1) is 0 Å². The van der Waals surface area contributed by atoms with Crippen LogP contribution in [0.4, 0.5) is 11.5 Å². The first-order valence-electron chi connectivity index (χ1n) is 11.4. The number of aryl methyl sites for hydroxylation is 1. The number of hydrogen-bond donors (Lipinski definition) is 3. The molecule has 1 aromatic heterocycles. The van der Waals surface area contributed by atoms with E-state index in [1.54, 1.807) is 12.1 Å². The summed E-state index contributed by atoms with van der Waals surface area (Å²) in [5, 5.41) is 18.7. The van der Waals surface area contributed by atoms with E-state index in [0.29, 0.717) is 62.5 Å². The second-order valence-corrected chi connectivity index (χ2v) is 10.3. The van der Waals surface area contributed by atoms with Crippen molar-refractivity contribution in [3.63, 3.8) is 0 Å². The Hall–Kier alpha value is -3.14. The molecule has 182 valence electrons. The van der Waals surface area contributed by atoms with Crippen LogP contribution < -0.4 is 16.0 Å². The molecule has 2 saturated heterocycles. The van der Waals surface area contributed by atoms with Crippen LogP contribution in [0.2, 0.25) is 0 Å². The highest BCUT2D eigenvalue weighted by molar-refractivity contribution is 7.89. The molecule has 0 aliphatic carbocycles. The molecule has 4 N–H and O–H groups in total. The van der Waals surface area contributed by atoms with Crippen LogP contribution in [0, 0.1) is 11.3 Å². The van der Waals surface area contributed by atoms with Gasteiger partial charge in [0.15, 0.2) is 5.82 Å². The number of anilines is 2. The lowest BCUT2D eigenvalue weighted by molar-refractivity contribution is 0.0730. The zero-order valence-corrected chi connectivity index (χ0v) is 19.7. The van der Waals surface area contributed by atoms with Crippen LogP contribution in [-0.4, -0.2) is 74.8 Å². The SMILES string of the molecule is N#Cc1c(N)n[nH]c1CCCNC(=O)c1cc(S(=O)(=O)N2CCOCC2)ccc1N1CCCC1. The first-order valence-corrected chi connectivity index (χ1v) is 12.8. The molecule has 0 atom stereocenters. The van der Waals surface area contributed by atoms with Gasteiger partial charge in [-0.3, -0.25) is 9.89 Å². The molecule has 0 saturated carbocycles. The summed E-state index contributed by atoms with van der Waals surface area (Å²) in [6.07, 6.45) is 3.12. The summed E-state index contributed by atoms with van der Waals surface area (Å²) in [5.41, 5.74) is 7.70. The molecular weight excluding hydrogens is 458 g/mol. The number of benzene rings is 1. The average Bonchev–Trinajstić information content (AvgIpc) is 3.51. The van der Waals surface area contributed by atoms with Gasteiger partial charge in [-0.1, -0.05) is 0 Å². The van der Waals surface area contributed by atoms with Crippen molar-refractivity contribution in [3.8, 4) is 6.07 Å². The molecular formula is C22H29N7O4S. The second-order valence-electron chi connectivity index (χ2n) is 8.32. The molecule has 34 heavy (non-hydrogen) atoms. The predicted octanol–water partition coefficient (Wildman–Crippen LogP) is 0.847. The van der Waals surface area contributed by atoms with Crippen LogP contribution in [-0.2, 0) is 21.2 Å². The number of aromatic amines is 1. The number of carbonyl (C=O) groups is 1. The second kappa shape index (κ2) is 10.4. The van der Waals surface area contributed by atoms with E-state index in [2.05, 4.69) is 20.4 Å². The molecule has 0 bridgehead atoms. The minimum absolute atomic E-state index is 0.106. The number of nitrogens with two attached hydrogens (primary N) is 1. The minimum Gasteiger partial charge on any atom is -0.381 e. The molecule has 0 radical (unpaired) electrons. The van der Waals surface area contributed by atoms with E-state index in [-0.39, 0.29) is 16.6 Å². The molecule has 0 spiro atoms. The molecule has 3 heterocycles. The highest BCUT2D eigenvalue weighted by Gasteiger charge is 2.29. The van der Waals surface area contributed by atoms with Crippen LogP contribution in [0.3, 0.4) is 0 Å². The third kappa shape index (κ3) is 5.01. The largest absolute Gasteiger partial charge is 0.381 e. The fourth-order valence-electron chi connectivity index (χ4n) is 4.29. The smallest absolute Gasteiger partial charge is 0.253 e. The maximum absolute atomic E-state index is 13.2. The van der Waals surface area contributed by atoms with Gasteiger partial charge >= 0.3 is 0 Å². The average molecular weight is 488 g/mol. The third-order valence-corrected chi connectivity index (χ3v) is 8.03. The van der Waals surface area contributed by atoms with Gasteiger partial charge in [0.1, 0.15) is 11.6 Å². The minimum atomic E-state index is -3.72. The molecule has 0 unspecified atom stereocenters. The number of carbonyl (C=O) groups excluding carboxylic acids is 1. The number of nitrogens with one attached hydrogen (secondary N) is 2. The van der Waals surface area contributed by atoms with Crippen molar-refractivity contribution in [2.24, 2.45) is 0 Å². The Morgan fingerprint density at radius 3 is 2.68 bits per heavy atom. The van der Waals surface area contributed by atoms with Crippen LogP contribution in [0.1, 0.15) is 40.9 Å². The Balaban J connectivity index is 1.50. The number of morpholine rings is 1. The standard InChI is InChI=1S/C22H29N7O4S/c23-15-18-19(26-27-21(18)24)4-3-7-25-22(30)17-14-16(5-6-20(17)28-8-1-2-9-28)34(31,32)29-10-12-33-13-11-29/h5-6,14H,1-4,7-13H2,(H,25,30)(H3,24,26,27). The van der Waals surface area contributed by atoms with Gasteiger partial charge in [-0.2, -0.15) is 14.7 Å². The lowest BCUT2D eigenvalue weighted by Gasteiger charge is -2.27. The van der Waals surface area contributed by atoms with Crippen molar-refractivity contribution in [1.82, 2.24) is 19.8 Å². The Labute approximate surface area is 198 Å². The Kier molecular flexibility index (Phi) is 7.35. The van der Waals surface area contributed by atoms with Crippen molar-refractivity contribution in [2.45, 2.75) is 30.6 Å². The van der Waals surface area contributed by atoms with Crippen molar-refractivity contribution in [3.05, 3.63) is 35.0 Å². The van der Waals surface area contributed by atoms with E-state index >= 15 is 0 Å². The summed E-state index contributed by atoms with van der Waals surface area (Å²) in [5.74, 6) is -0.166. The van der Waals surface area contributed by atoms with Gasteiger partial charge in [-0.25, -0.2) is 8.42 Å². The van der Waals surface area contributed by atoms with Crippen molar-refractivity contribution >= 4 is 27.4 Å². The van der Waals surface area contributed by atoms with Crippen LogP contribution in [0.25, 0.3) is 0 Å². The van der Waals surface area contributed by atoms with Gasteiger partial charge in [0.2, 0.25) is 10.0 Å². The number of aromatic nitrogens is 2. The number of hydrogen-bond acceptors (Lipinski definition) is 8. The lowest BCUT2D eigenvalue weighted by Crippen LogP contribution is -2.40. The summed E-state index contributed by atoms with van der Waals surface area (Å²) in [6, 6.07) is 6.83. The van der Waals surface area contributed by atoms with Crippen molar-refractivity contribution < 1.29 is 17.9 Å². The van der Waals surface area contributed by atoms with Gasteiger partial charge < -0.3 is 20.7 Å². The molecule has 2 aliphatic rings. The van der Waals surface area contributed by atoms with E-state index in [4.69, 9.17) is 10.5 Å². The van der Waals surface area contributed by atoms with E-state index in [9.17, 15) is 18.5 Å². The van der Waals surface area contributed by atoms with Crippen LogP contribution in [0.15, 0.2) is 23.1 Å². The lowest BCUT2D eigenvalue weighted by atomic mass is 10.1. The van der Waals surface area contributed by atoms with E-state index in [1.807, 2.05) is 6.07 Å². The number of rotatable bonds is 8. The van der Waals surface area contributed by atoms with E-state index in [0.717, 1.165) is 31.6 Å². The third-order valence-electron chi connectivity index (χ3n) is 6.14. The zero-order chi connectivity index (χ0) is 24.1. The maximum atomic E-state index is 13.2. The number of ether oxygens (including phenoxy) is 1. The Bertz CT molecular complexity index is 1180. The summed E-state index contributed by atoms with van der Waals surface area (Å²) in [7, 11) is -3.72. The fraction of sp³-hybridized carbons (Fsp3) is 0.500. The van der Waals surface area contributed by atoms with Gasteiger partial charge in [-0.05, 0) is 43.9 Å². The monoisotopic (exact) mass is 487 g/mol. The number of nitriles is 1. The maximum Gasteiger partial charge on any atom is 0.253 e. The summed E-state index contributed by atoms with van der Waals surface area (Å²) in [6.45, 7) is 3.30. The first kappa shape index (κ1) is 24.0. The number of sulfonamides is 1. The number of nitrogen functional groups attached to an aromatic ring is 1. The normalized spacial score (nSPS) is 17.0. The van der Waals surface area contributed by atoms with E-state index < -0.39 is 10.0 Å². The van der Waals surface area contributed by atoms with Gasteiger partial charge in [0.25, 0.3) is 5.91 Å². The predicted molar refractivity (Wildman–Crippen MR) is 126 cm³/mol. The number of amides is 1. The highest BCUT2D eigenvalue weighted by Crippen LogP contribution is 2.29. The van der Waals surface area contributed by atoms with E-state index in [1.165, 1.54) is 10.4 Å². The Morgan fingerprint density at radius 1 is 1.24 bits per heavy atom.